The minimum absolute atomic E-state index is 0.0601. The van der Waals surface area contributed by atoms with Crippen molar-refractivity contribution in [3.05, 3.63) is 29.8 Å². The minimum Gasteiger partial charge on any atom is -0.376 e. The van der Waals surface area contributed by atoms with E-state index in [1.54, 1.807) is 0 Å². The molecule has 1 aliphatic rings. The van der Waals surface area contributed by atoms with Crippen LogP contribution in [0.15, 0.2) is 18.2 Å². The lowest BCUT2D eigenvalue weighted by Gasteiger charge is -2.36. The van der Waals surface area contributed by atoms with Gasteiger partial charge in [-0.1, -0.05) is 0 Å². The molecule has 1 N–H and O–H groups in total. The number of nitrogens with one attached hydrogen (secondary N) is 1. The Hall–Kier alpha value is -1.53. The Labute approximate surface area is 116 Å². The fourth-order valence-corrected chi connectivity index (χ4v) is 2.16. The molecule has 2 rings (SSSR count). The normalized spacial score (nSPS) is 23.6. The number of ether oxygens (including phenoxy) is 1. The summed E-state index contributed by atoms with van der Waals surface area (Å²) >= 11 is 0. The van der Waals surface area contributed by atoms with E-state index in [1.165, 1.54) is 0 Å². The number of hydrogen-bond donors (Lipinski definition) is 1. The molecule has 0 spiro atoms. The lowest BCUT2D eigenvalue weighted by Crippen LogP contribution is -2.50. The summed E-state index contributed by atoms with van der Waals surface area (Å²) < 4.78 is 31.9. The first-order valence-corrected chi connectivity index (χ1v) is 6.56. The average Bonchev–Trinajstić information content (AvgIpc) is 2.38. The molecule has 0 radical (unpaired) electrons. The third kappa shape index (κ3) is 3.74. The molecule has 1 aromatic carbocycles. The van der Waals surface area contributed by atoms with Gasteiger partial charge in [-0.05, 0) is 26.0 Å². The van der Waals surface area contributed by atoms with Gasteiger partial charge in [0, 0.05) is 18.7 Å². The molecule has 1 aromatic rings. The number of halogens is 2. The van der Waals surface area contributed by atoms with Gasteiger partial charge in [-0.2, -0.15) is 0 Å². The molecule has 1 saturated heterocycles. The predicted molar refractivity (Wildman–Crippen MR) is 71.4 cm³/mol. The van der Waals surface area contributed by atoms with Crippen LogP contribution in [-0.2, 0) is 9.53 Å². The van der Waals surface area contributed by atoms with Gasteiger partial charge in [0.05, 0.1) is 24.9 Å². The summed E-state index contributed by atoms with van der Waals surface area (Å²) in [6, 6.07) is 3.09. The number of carbonyl (C=O) groups is 1. The Morgan fingerprint density at radius 2 is 2.20 bits per heavy atom. The Kier molecular flexibility index (Phi) is 4.67. The highest BCUT2D eigenvalue weighted by Crippen LogP contribution is 2.16. The smallest absolute Gasteiger partial charge is 0.238 e. The molecule has 1 aliphatic heterocycles. The monoisotopic (exact) mass is 284 g/mol. The second-order valence-corrected chi connectivity index (χ2v) is 5.09. The van der Waals surface area contributed by atoms with Gasteiger partial charge in [0.1, 0.15) is 11.6 Å². The van der Waals surface area contributed by atoms with E-state index >= 15 is 0 Å². The lowest BCUT2D eigenvalue weighted by molar-refractivity contribution is -0.121. The highest BCUT2D eigenvalue weighted by Gasteiger charge is 2.25. The summed E-state index contributed by atoms with van der Waals surface area (Å²) in [5.74, 6) is -1.60. The fourth-order valence-electron chi connectivity index (χ4n) is 2.16. The van der Waals surface area contributed by atoms with Gasteiger partial charge in [0.15, 0.2) is 0 Å². The van der Waals surface area contributed by atoms with Crippen LogP contribution in [-0.4, -0.2) is 42.6 Å². The van der Waals surface area contributed by atoms with E-state index < -0.39 is 11.6 Å². The highest BCUT2D eigenvalue weighted by atomic mass is 19.1. The average molecular weight is 284 g/mol. The van der Waals surface area contributed by atoms with Crippen LogP contribution < -0.4 is 5.32 Å². The first-order chi connectivity index (χ1) is 9.45. The fraction of sp³-hybridized carbons (Fsp3) is 0.500. The van der Waals surface area contributed by atoms with Crippen LogP contribution >= 0.6 is 0 Å². The molecule has 1 amide bonds. The molecule has 110 valence electrons. The van der Waals surface area contributed by atoms with Crippen LogP contribution in [0.4, 0.5) is 14.5 Å². The van der Waals surface area contributed by atoms with Crippen molar-refractivity contribution in [3.8, 4) is 0 Å². The molecule has 1 fully saturated rings. The van der Waals surface area contributed by atoms with Crippen molar-refractivity contribution in [1.29, 1.82) is 0 Å². The molecule has 2 unspecified atom stereocenters. The van der Waals surface area contributed by atoms with Gasteiger partial charge in [-0.25, -0.2) is 8.78 Å². The van der Waals surface area contributed by atoms with Crippen LogP contribution in [0.5, 0.6) is 0 Å². The number of morpholine rings is 1. The number of nitrogens with zero attached hydrogens (tertiary/aromatic N) is 1. The third-order valence-electron chi connectivity index (χ3n) is 3.29. The first kappa shape index (κ1) is 14.9. The van der Waals surface area contributed by atoms with Crippen LogP contribution in [0.25, 0.3) is 0 Å². The molecular formula is C14H18F2N2O2. The third-order valence-corrected chi connectivity index (χ3v) is 3.29. The van der Waals surface area contributed by atoms with Gasteiger partial charge >= 0.3 is 0 Å². The summed E-state index contributed by atoms with van der Waals surface area (Å²) in [5.41, 5.74) is -0.135. The molecule has 20 heavy (non-hydrogen) atoms. The van der Waals surface area contributed by atoms with E-state index in [1.807, 2.05) is 18.7 Å². The van der Waals surface area contributed by atoms with Crippen LogP contribution in [0.3, 0.4) is 0 Å². The van der Waals surface area contributed by atoms with E-state index in [2.05, 4.69) is 5.32 Å². The van der Waals surface area contributed by atoms with Crippen molar-refractivity contribution in [2.45, 2.75) is 26.0 Å². The van der Waals surface area contributed by atoms with Crippen LogP contribution in [0.2, 0.25) is 0 Å². The van der Waals surface area contributed by atoms with Crippen molar-refractivity contribution in [1.82, 2.24) is 4.90 Å². The zero-order chi connectivity index (χ0) is 14.7. The van der Waals surface area contributed by atoms with E-state index in [0.717, 1.165) is 18.2 Å². The summed E-state index contributed by atoms with van der Waals surface area (Å²) in [6.45, 7) is 5.22. The van der Waals surface area contributed by atoms with Crippen molar-refractivity contribution >= 4 is 11.6 Å². The standard InChI is InChI=1S/C14H18F2N2O2/c1-9-8-20-10(2)6-18(9)7-14(19)17-13-5-11(15)3-4-12(13)16/h3-5,9-10H,6-8H2,1-2H3,(H,17,19). The van der Waals surface area contributed by atoms with E-state index in [4.69, 9.17) is 4.74 Å². The van der Waals surface area contributed by atoms with Gasteiger partial charge < -0.3 is 10.1 Å². The maximum absolute atomic E-state index is 13.4. The van der Waals surface area contributed by atoms with Crippen molar-refractivity contribution in [2.75, 3.05) is 25.0 Å². The molecule has 0 bridgehead atoms. The van der Waals surface area contributed by atoms with E-state index in [-0.39, 0.29) is 30.3 Å². The number of carbonyl (C=O) groups excluding carboxylic acids is 1. The SMILES string of the molecule is CC1CN(CC(=O)Nc2cc(F)ccc2F)C(C)CO1. The minimum atomic E-state index is -0.650. The van der Waals surface area contributed by atoms with Gasteiger partial charge in [0.2, 0.25) is 5.91 Å². The van der Waals surface area contributed by atoms with Crippen LogP contribution in [0.1, 0.15) is 13.8 Å². The summed E-state index contributed by atoms with van der Waals surface area (Å²) in [4.78, 5) is 13.9. The number of benzene rings is 1. The molecule has 2 atom stereocenters. The van der Waals surface area contributed by atoms with Gasteiger partial charge in [0.25, 0.3) is 0 Å². The first-order valence-electron chi connectivity index (χ1n) is 6.56. The number of rotatable bonds is 3. The summed E-state index contributed by atoms with van der Waals surface area (Å²) in [6.07, 6.45) is 0.0601. The molecule has 1 heterocycles. The zero-order valence-electron chi connectivity index (χ0n) is 11.5. The predicted octanol–water partition coefficient (Wildman–Crippen LogP) is 2.01. The number of hydrogen-bond acceptors (Lipinski definition) is 3. The maximum atomic E-state index is 13.4. The second-order valence-electron chi connectivity index (χ2n) is 5.09. The molecule has 6 heteroatoms. The zero-order valence-corrected chi connectivity index (χ0v) is 11.5. The number of amides is 1. The second kappa shape index (κ2) is 6.28. The van der Waals surface area contributed by atoms with Crippen molar-refractivity contribution in [3.63, 3.8) is 0 Å². The molecule has 0 saturated carbocycles. The summed E-state index contributed by atoms with van der Waals surface area (Å²) in [7, 11) is 0. The van der Waals surface area contributed by atoms with Crippen LogP contribution in [0, 0.1) is 11.6 Å². The largest absolute Gasteiger partial charge is 0.376 e. The number of anilines is 1. The van der Waals surface area contributed by atoms with Crippen molar-refractivity contribution < 1.29 is 18.3 Å². The molecule has 0 aromatic heterocycles. The van der Waals surface area contributed by atoms with E-state index in [0.29, 0.717) is 13.2 Å². The topological polar surface area (TPSA) is 41.6 Å². The van der Waals surface area contributed by atoms with Gasteiger partial charge in [-0.15, -0.1) is 0 Å². The Bertz CT molecular complexity index is 496. The lowest BCUT2D eigenvalue weighted by atomic mass is 10.2. The molecular weight excluding hydrogens is 266 g/mol. The maximum Gasteiger partial charge on any atom is 0.238 e. The highest BCUT2D eigenvalue weighted by molar-refractivity contribution is 5.92. The van der Waals surface area contributed by atoms with E-state index in [9.17, 15) is 13.6 Å². The Balaban J connectivity index is 1.96. The quantitative estimate of drug-likeness (QED) is 0.923. The molecule has 0 aliphatic carbocycles. The Morgan fingerprint density at radius 1 is 1.45 bits per heavy atom. The Morgan fingerprint density at radius 3 is 2.95 bits per heavy atom. The van der Waals surface area contributed by atoms with Crippen molar-refractivity contribution in [2.24, 2.45) is 0 Å². The molecule has 4 nitrogen and oxygen atoms in total. The van der Waals surface area contributed by atoms with Gasteiger partial charge in [-0.3, -0.25) is 9.69 Å². The summed E-state index contributed by atoms with van der Waals surface area (Å²) in [5, 5.41) is 2.40.